The summed E-state index contributed by atoms with van der Waals surface area (Å²) >= 11 is 0. The molecule has 0 aromatic heterocycles. The first-order valence-corrected chi connectivity index (χ1v) is 6.25. The highest BCUT2D eigenvalue weighted by atomic mass is 32.2. The Morgan fingerprint density at radius 3 is 2.18 bits per heavy atom. The lowest BCUT2D eigenvalue weighted by Gasteiger charge is -2.17. The molecule has 3 N–H and O–H groups in total. The summed E-state index contributed by atoms with van der Waals surface area (Å²) in [5.74, 6) is -2.38. The lowest BCUT2D eigenvalue weighted by atomic mass is 10.1. The molecule has 0 aliphatic rings. The molecule has 1 unspecified atom stereocenters. The van der Waals surface area contributed by atoms with Crippen molar-refractivity contribution in [2.75, 3.05) is 14.1 Å². The van der Waals surface area contributed by atoms with Crippen molar-refractivity contribution in [3.63, 3.8) is 0 Å². The van der Waals surface area contributed by atoms with Gasteiger partial charge in [0.1, 0.15) is 6.04 Å². The maximum atomic E-state index is 11.4. The molecule has 0 aromatic carbocycles. The number of carbonyl (C=O) groups is 2. The Morgan fingerprint density at radius 2 is 1.82 bits per heavy atom. The van der Waals surface area contributed by atoms with E-state index in [1.54, 1.807) is 0 Å². The molecule has 8 nitrogen and oxygen atoms in total. The number of nitrogens with zero attached hydrogens (tertiary/aromatic N) is 1. The van der Waals surface area contributed by atoms with E-state index in [1.807, 2.05) is 4.72 Å². The largest absolute Gasteiger partial charge is 0.481 e. The minimum Gasteiger partial charge on any atom is -0.481 e. The van der Waals surface area contributed by atoms with Gasteiger partial charge in [-0.15, -0.1) is 0 Å². The molecule has 0 amide bonds. The fourth-order valence-electron chi connectivity index (χ4n) is 0.975. The van der Waals surface area contributed by atoms with E-state index in [0.29, 0.717) is 0 Å². The second-order valence-electron chi connectivity index (χ2n) is 3.58. The normalized spacial score (nSPS) is 13.6. The van der Waals surface area contributed by atoms with Gasteiger partial charge in [-0.25, -0.2) is 0 Å². The standard InChI is InChI=1S/C8H16N2O6S/c1-10(2)17(15,16)9-6(8(13)14)4-3-5-7(11)12/h6,9H,3-5H2,1-2H3,(H,11,12)(H,13,14). The molecule has 0 saturated heterocycles. The van der Waals surface area contributed by atoms with E-state index >= 15 is 0 Å². The summed E-state index contributed by atoms with van der Waals surface area (Å²) in [4.78, 5) is 21.0. The third-order valence-electron chi connectivity index (χ3n) is 1.95. The van der Waals surface area contributed by atoms with Crippen molar-refractivity contribution < 1.29 is 28.2 Å². The molecule has 0 aromatic rings. The minimum atomic E-state index is -3.84. The Labute approximate surface area is 99.4 Å². The van der Waals surface area contributed by atoms with E-state index in [4.69, 9.17) is 10.2 Å². The first-order chi connectivity index (χ1) is 7.66. The first-order valence-electron chi connectivity index (χ1n) is 4.81. The van der Waals surface area contributed by atoms with Crippen LogP contribution in [0.5, 0.6) is 0 Å². The van der Waals surface area contributed by atoms with Crippen LogP contribution in [0.3, 0.4) is 0 Å². The Morgan fingerprint density at radius 1 is 1.29 bits per heavy atom. The zero-order valence-corrected chi connectivity index (χ0v) is 10.4. The number of aliphatic carboxylic acids is 2. The lowest BCUT2D eigenvalue weighted by Crippen LogP contribution is -2.45. The molecule has 0 bridgehead atoms. The van der Waals surface area contributed by atoms with Crippen LogP contribution in [0.2, 0.25) is 0 Å². The van der Waals surface area contributed by atoms with Gasteiger partial charge in [0.15, 0.2) is 0 Å². The maximum Gasteiger partial charge on any atom is 0.321 e. The molecule has 17 heavy (non-hydrogen) atoms. The van der Waals surface area contributed by atoms with Gasteiger partial charge in [-0.1, -0.05) is 0 Å². The summed E-state index contributed by atoms with van der Waals surface area (Å²) in [6, 6.07) is -1.32. The van der Waals surface area contributed by atoms with Gasteiger partial charge < -0.3 is 10.2 Å². The van der Waals surface area contributed by atoms with E-state index in [2.05, 4.69) is 0 Å². The molecule has 0 fully saturated rings. The van der Waals surface area contributed by atoms with Gasteiger partial charge in [-0.2, -0.15) is 17.4 Å². The van der Waals surface area contributed by atoms with E-state index < -0.39 is 28.2 Å². The third-order valence-corrected chi connectivity index (χ3v) is 3.50. The highest BCUT2D eigenvalue weighted by Crippen LogP contribution is 2.04. The molecule has 9 heteroatoms. The van der Waals surface area contributed by atoms with Crippen LogP contribution >= 0.6 is 0 Å². The second kappa shape index (κ2) is 6.52. The number of hydrogen-bond acceptors (Lipinski definition) is 4. The van der Waals surface area contributed by atoms with Gasteiger partial charge in [0, 0.05) is 20.5 Å². The zero-order valence-electron chi connectivity index (χ0n) is 9.58. The highest BCUT2D eigenvalue weighted by Gasteiger charge is 2.25. The van der Waals surface area contributed by atoms with E-state index in [0.717, 1.165) is 4.31 Å². The topological polar surface area (TPSA) is 124 Å². The number of hydrogen-bond donors (Lipinski definition) is 3. The van der Waals surface area contributed by atoms with Crippen molar-refractivity contribution in [1.29, 1.82) is 0 Å². The molecule has 100 valence electrons. The average molecular weight is 268 g/mol. The summed E-state index contributed by atoms with van der Waals surface area (Å²) in [7, 11) is -1.31. The van der Waals surface area contributed by atoms with Gasteiger partial charge in [0.25, 0.3) is 10.2 Å². The molecule has 0 aliphatic carbocycles. The zero-order chi connectivity index (χ0) is 13.6. The van der Waals surface area contributed by atoms with Crippen LogP contribution in [0.15, 0.2) is 0 Å². The number of rotatable bonds is 8. The Hall–Kier alpha value is -1.19. The first kappa shape index (κ1) is 15.8. The fourth-order valence-corrected chi connectivity index (χ4v) is 1.76. The summed E-state index contributed by atoms with van der Waals surface area (Å²) < 4.78 is 25.6. The lowest BCUT2D eigenvalue weighted by molar-refractivity contribution is -0.140. The van der Waals surface area contributed by atoms with Crippen LogP contribution in [-0.2, 0) is 19.8 Å². The molecule has 1 atom stereocenters. The smallest absolute Gasteiger partial charge is 0.321 e. The van der Waals surface area contributed by atoms with Crippen molar-refractivity contribution in [3.05, 3.63) is 0 Å². The van der Waals surface area contributed by atoms with Gasteiger partial charge in [0.2, 0.25) is 0 Å². The fraction of sp³-hybridized carbons (Fsp3) is 0.750. The van der Waals surface area contributed by atoms with Crippen molar-refractivity contribution >= 4 is 22.1 Å². The second-order valence-corrected chi connectivity index (χ2v) is 5.50. The van der Waals surface area contributed by atoms with Gasteiger partial charge in [-0.3, -0.25) is 9.59 Å². The average Bonchev–Trinajstić information content (AvgIpc) is 2.14. The molecule has 0 saturated carbocycles. The van der Waals surface area contributed by atoms with E-state index in [1.165, 1.54) is 14.1 Å². The molecular weight excluding hydrogens is 252 g/mol. The highest BCUT2D eigenvalue weighted by molar-refractivity contribution is 7.87. The Balaban J connectivity index is 4.46. The van der Waals surface area contributed by atoms with Crippen molar-refractivity contribution in [1.82, 2.24) is 9.03 Å². The van der Waals surface area contributed by atoms with Gasteiger partial charge in [-0.05, 0) is 12.8 Å². The quantitative estimate of drug-likeness (QED) is 0.523. The van der Waals surface area contributed by atoms with Crippen molar-refractivity contribution in [2.24, 2.45) is 0 Å². The maximum absolute atomic E-state index is 11.4. The molecule has 0 rings (SSSR count). The Kier molecular flexibility index (Phi) is 6.07. The summed E-state index contributed by atoms with van der Waals surface area (Å²) in [6.45, 7) is 0. The molecule has 0 heterocycles. The van der Waals surface area contributed by atoms with Gasteiger partial charge in [0.05, 0.1) is 0 Å². The van der Waals surface area contributed by atoms with E-state index in [-0.39, 0.29) is 19.3 Å². The third kappa shape index (κ3) is 6.19. The van der Waals surface area contributed by atoms with Crippen molar-refractivity contribution in [3.8, 4) is 0 Å². The predicted molar refractivity (Wildman–Crippen MR) is 58.7 cm³/mol. The summed E-state index contributed by atoms with van der Waals surface area (Å²) in [5, 5.41) is 17.2. The molecule has 0 spiro atoms. The van der Waals surface area contributed by atoms with Crippen LogP contribution in [0, 0.1) is 0 Å². The predicted octanol–water partition coefficient (Wildman–Crippen LogP) is -0.909. The van der Waals surface area contributed by atoms with Crippen LogP contribution in [0.1, 0.15) is 19.3 Å². The molecule has 0 aliphatic heterocycles. The Bertz CT molecular complexity index is 377. The summed E-state index contributed by atoms with van der Waals surface area (Å²) in [5.41, 5.74) is 0. The number of carboxylic acid groups (broad SMARTS) is 2. The summed E-state index contributed by atoms with van der Waals surface area (Å²) in [6.07, 6.45) is -0.190. The molecular formula is C8H16N2O6S. The van der Waals surface area contributed by atoms with Crippen LogP contribution < -0.4 is 4.72 Å². The SMILES string of the molecule is CN(C)S(=O)(=O)NC(CCCC(=O)O)C(=O)O. The number of carboxylic acids is 2. The van der Waals surface area contributed by atoms with Crippen LogP contribution in [0.25, 0.3) is 0 Å². The minimum absolute atomic E-state index is 0.0747. The van der Waals surface area contributed by atoms with Gasteiger partial charge >= 0.3 is 11.9 Å². The van der Waals surface area contributed by atoms with Crippen LogP contribution in [0.4, 0.5) is 0 Å². The van der Waals surface area contributed by atoms with E-state index in [9.17, 15) is 18.0 Å². The molecule has 0 radical (unpaired) electrons. The monoisotopic (exact) mass is 268 g/mol. The van der Waals surface area contributed by atoms with Crippen molar-refractivity contribution in [2.45, 2.75) is 25.3 Å². The number of nitrogens with one attached hydrogen (secondary N) is 1. The van der Waals surface area contributed by atoms with Crippen LogP contribution in [-0.4, -0.2) is 55.0 Å².